The van der Waals surface area contributed by atoms with Gasteiger partial charge in [0, 0.05) is 0 Å². The topological polar surface area (TPSA) is 9.23 Å². The van der Waals surface area contributed by atoms with Gasteiger partial charge >= 0.3 is 0 Å². The summed E-state index contributed by atoms with van der Waals surface area (Å²) in [4.78, 5) is 0. The second kappa shape index (κ2) is 1.97. The molecule has 0 amide bonds. The highest BCUT2D eigenvalue weighted by atomic mass is 16.5. The van der Waals surface area contributed by atoms with Crippen molar-refractivity contribution in [3.8, 4) is 0 Å². The summed E-state index contributed by atoms with van der Waals surface area (Å²) in [7, 11) is 0. The lowest BCUT2D eigenvalue weighted by Crippen LogP contribution is -2.34. The van der Waals surface area contributed by atoms with Crippen LogP contribution in [0.2, 0.25) is 0 Å². The third kappa shape index (κ3) is 0.878. The van der Waals surface area contributed by atoms with E-state index in [0.717, 1.165) is 6.61 Å². The van der Waals surface area contributed by atoms with Crippen molar-refractivity contribution in [3.63, 3.8) is 0 Å². The Bertz CT molecular complexity index is 136. The second-order valence-corrected chi connectivity index (χ2v) is 4.56. The van der Waals surface area contributed by atoms with Gasteiger partial charge in [0.25, 0.3) is 0 Å². The highest BCUT2D eigenvalue weighted by Gasteiger charge is 2.47. The number of hydrogen-bond acceptors (Lipinski definition) is 1. The lowest BCUT2D eigenvalue weighted by atomic mass is 9.68. The number of hydrogen-bond donors (Lipinski definition) is 0. The largest absolute Gasteiger partial charge is 0.377 e. The minimum Gasteiger partial charge on any atom is -0.377 e. The van der Waals surface area contributed by atoms with Crippen molar-refractivity contribution in [1.82, 2.24) is 0 Å². The molecular formula is C9H18O. The van der Waals surface area contributed by atoms with Gasteiger partial charge in [-0.2, -0.15) is 0 Å². The first-order valence-corrected chi connectivity index (χ1v) is 3.99. The molecule has 0 bridgehead atoms. The molecule has 1 aliphatic rings. The van der Waals surface area contributed by atoms with Gasteiger partial charge in [-0.25, -0.2) is 0 Å². The molecule has 1 atom stereocenters. The van der Waals surface area contributed by atoms with Crippen LogP contribution in [0.15, 0.2) is 0 Å². The van der Waals surface area contributed by atoms with Gasteiger partial charge in [-0.05, 0) is 17.8 Å². The summed E-state index contributed by atoms with van der Waals surface area (Å²) in [5, 5.41) is 0. The fourth-order valence-electron chi connectivity index (χ4n) is 1.28. The summed E-state index contributed by atoms with van der Waals surface area (Å²) >= 11 is 0. The van der Waals surface area contributed by atoms with Gasteiger partial charge in [-0.1, -0.05) is 27.7 Å². The van der Waals surface area contributed by atoms with Crippen LogP contribution >= 0.6 is 0 Å². The maximum Gasteiger partial charge on any atom is 0.0604 e. The summed E-state index contributed by atoms with van der Waals surface area (Å²) in [6, 6.07) is 0. The number of rotatable bonds is 0. The first kappa shape index (κ1) is 8.06. The molecule has 0 N–H and O–H groups in total. The van der Waals surface area contributed by atoms with E-state index in [9.17, 15) is 0 Å². The van der Waals surface area contributed by atoms with E-state index in [4.69, 9.17) is 4.74 Å². The van der Waals surface area contributed by atoms with E-state index in [0.29, 0.717) is 16.9 Å². The standard InChI is InChI=1S/C9H18O/c1-7-9(4,5)8(2,3)6-10-7/h7H,6H2,1-5H3. The van der Waals surface area contributed by atoms with Crippen LogP contribution in [0.5, 0.6) is 0 Å². The van der Waals surface area contributed by atoms with Crippen LogP contribution in [-0.2, 0) is 4.74 Å². The molecule has 1 nitrogen and oxygen atoms in total. The average Bonchev–Trinajstić information content (AvgIpc) is 1.94. The van der Waals surface area contributed by atoms with E-state index in [1.54, 1.807) is 0 Å². The zero-order chi connectivity index (χ0) is 7.99. The van der Waals surface area contributed by atoms with Gasteiger partial charge in [0.2, 0.25) is 0 Å². The molecule has 0 aliphatic carbocycles. The van der Waals surface area contributed by atoms with Crippen molar-refractivity contribution in [3.05, 3.63) is 0 Å². The Morgan fingerprint density at radius 1 is 1.20 bits per heavy atom. The molecule has 1 rings (SSSR count). The van der Waals surface area contributed by atoms with Gasteiger partial charge in [-0.3, -0.25) is 0 Å². The van der Waals surface area contributed by atoms with E-state index >= 15 is 0 Å². The monoisotopic (exact) mass is 142 g/mol. The van der Waals surface area contributed by atoms with Gasteiger partial charge < -0.3 is 4.74 Å². The summed E-state index contributed by atoms with van der Waals surface area (Å²) in [6.45, 7) is 12.2. The maximum atomic E-state index is 5.58. The normalized spacial score (nSPS) is 36.3. The first-order valence-electron chi connectivity index (χ1n) is 3.99. The summed E-state index contributed by atoms with van der Waals surface area (Å²) in [5.41, 5.74) is 0.666. The van der Waals surface area contributed by atoms with Crippen LogP contribution in [0.3, 0.4) is 0 Å². The zero-order valence-electron chi connectivity index (χ0n) is 7.69. The Balaban J connectivity index is 2.84. The quantitative estimate of drug-likeness (QED) is 0.505. The second-order valence-electron chi connectivity index (χ2n) is 4.56. The Morgan fingerprint density at radius 2 is 1.70 bits per heavy atom. The Kier molecular flexibility index (Phi) is 1.59. The van der Waals surface area contributed by atoms with Crippen molar-refractivity contribution in [1.29, 1.82) is 0 Å². The van der Waals surface area contributed by atoms with Crippen molar-refractivity contribution in [2.45, 2.75) is 40.7 Å². The van der Waals surface area contributed by atoms with E-state index in [2.05, 4.69) is 34.6 Å². The molecular weight excluding hydrogens is 124 g/mol. The third-order valence-electron chi connectivity index (χ3n) is 3.45. The van der Waals surface area contributed by atoms with Crippen LogP contribution in [0.1, 0.15) is 34.6 Å². The Labute approximate surface area is 63.8 Å². The minimum atomic E-state index is 0.326. The van der Waals surface area contributed by atoms with Gasteiger partial charge in [0.1, 0.15) is 0 Å². The molecule has 0 spiro atoms. The molecule has 1 heterocycles. The van der Waals surface area contributed by atoms with Crippen molar-refractivity contribution < 1.29 is 4.74 Å². The summed E-state index contributed by atoms with van der Waals surface area (Å²) < 4.78 is 5.58. The molecule has 0 saturated carbocycles. The molecule has 60 valence electrons. The minimum absolute atomic E-state index is 0.326. The molecule has 0 aromatic heterocycles. The maximum absolute atomic E-state index is 5.58. The Hall–Kier alpha value is -0.0400. The molecule has 0 aromatic carbocycles. The van der Waals surface area contributed by atoms with Gasteiger partial charge in [-0.15, -0.1) is 0 Å². The van der Waals surface area contributed by atoms with Crippen LogP contribution in [0, 0.1) is 10.8 Å². The zero-order valence-corrected chi connectivity index (χ0v) is 7.69. The van der Waals surface area contributed by atoms with E-state index in [1.807, 2.05) is 0 Å². The average molecular weight is 142 g/mol. The van der Waals surface area contributed by atoms with E-state index < -0.39 is 0 Å². The summed E-state index contributed by atoms with van der Waals surface area (Å²) in [5.74, 6) is 0. The fraction of sp³-hybridized carbons (Fsp3) is 1.00. The van der Waals surface area contributed by atoms with Gasteiger partial charge in [0.05, 0.1) is 12.7 Å². The highest BCUT2D eigenvalue weighted by Crippen LogP contribution is 2.47. The third-order valence-corrected chi connectivity index (χ3v) is 3.45. The molecule has 0 radical (unpaired) electrons. The molecule has 0 aromatic rings. The number of ether oxygens (including phenoxy) is 1. The predicted octanol–water partition coefficient (Wildman–Crippen LogP) is 2.46. The van der Waals surface area contributed by atoms with Gasteiger partial charge in [0.15, 0.2) is 0 Å². The molecule has 10 heavy (non-hydrogen) atoms. The smallest absolute Gasteiger partial charge is 0.0604 e. The summed E-state index contributed by atoms with van der Waals surface area (Å²) in [6.07, 6.45) is 0.405. The molecule has 1 saturated heterocycles. The van der Waals surface area contributed by atoms with Crippen molar-refractivity contribution in [2.75, 3.05) is 6.61 Å². The van der Waals surface area contributed by atoms with Crippen molar-refractivity contribution in [2.24, 2.45) is 10.8 Å². The van der Waals surface area contributed by atoms with Crippen LogP contribution in [-0.4, -0.2) is 12.7 Å². The lowest BCUT2D eigenvalue weighted by molar-refractivity contribution is 0.0774. The SMILES string of the molecule is CC1OCC(C)(C)C1(C)C. The molecule has 1 fully saturated rings. The molecule has 1 unspecified atom stereocenters. The highest BCUT2D eigenvalue weighted by molar-refractivity contribution is 4.95. The first-order chi connectivity index (χ1) is 4.38. The van der Waals surface area contributed by atoms with E-state index in [1.165, 1.54) is 0 Å². The van der Waals surface area contributed by atoms with Crippen molar-refractivity contribution >= 4 is 0 Å². The fourth-order valence-corrected chi connectivity index (χ4v) is 1.28. The lowest BCUT2D eigenvalue weighted by Gasteiger charge is -2.35. The van der Waals surface area contributed by atoms with Crippen LogP contribution < -0.4 is 0 Å². The Morgan fingerprint density at radius 3 is 1.80 bits per heavy atom. The molecule has 1 aliphatic heterocycles. The van der Waals surface area contributed by atoms with E-state index in [-0.39, 0.29) is 0 Å². The van der Waals surface area contributed by atoms with Crippen LogP contribution in [0.4, 0.5) is 0 Å². The molecule has 1 heteroatoms. The predicted molar refractivity (Wildman–Crippen MR) is 43.0 cm³/mol. The van der Waals surface area contributed by atoms with Crippen LogP contribution in [0.25, 0.3) is 0 Å².